The molecule has 3 aromatic rings. The number of amides is 1. The van der Waals surface area contributed by atoms with Crippen LogP contribution in [-0.4, -0.2) is 52.8 Å². The number of benzene rings is 1. The minimum absolute atomic E-state index is 0.0168. The van der Waals surface area contributed by atoms with Crippen LogP contribution < -0.4 is 21.3 Å². The van der Waals surface area contributed by atoms with E-state index in [0.29, 0.717) is 29.9 Å². The maximum absolute atomic E-state index is 11.2. The van der Waals surface area contributed by atoms with Crippen molar-refractivity contribution in [3.63, 3.8) is 0 Å². The Labute approximate surface area is 180 Å². The maximum atomic E-state index is 11.2. The summed E-state index contributed by atoms with van der Waals surface area (Å²) in [5.41, 5.74) is 8.41. The smallest absolute Gasteiger partial charge is 0.270 e. The fraction of sp³-hybridized carbons (Fsp3) is 0.381. The van der Waals surface area contributed by atoms with Gasteiger partial charge in [-0.2, -0.15) is 0 Å². The third-order valence-corrected chi connectivity index (χ3v) is 5.25. The second-order valence-corrected chi connectivity index (χ2v) is 7.64. The van der Waals surface area contributed by atoms with Crippen molar-refractivity contribution in [1.29, 1.82) is 0 Å². The monoisotopic (exact) mass is 422 g/mol. The van der Waals surface area contributed by atoms with Gasteiger partial charge in [0.15, 0.2) is 11.5 Å². The zero-order valence-electron chi connectivity index (χ0n) is 17.6. The molecule has 1 aliphatic rings. The van der Waals surface area contributed by atoms with Gasteiger partial charge in [0.1, 0.15) is 5.82 Å². The standard InChI is InChI=1S/C21H26N8O2/c1-13(30)24-10-15-7-8-29(12-15)17-11-25-19(22)18(26-17)21-28-27-20(31-21)16-5-3-14(4-6-16)9-23-2/h3-6,11,15,23H,7-10,12H2,1-2H3,(H2,22,25)(H,24,30)/t15-/m0/s1. The highest BCUT2D eigenvalue weighted by Gasteiger charge is 2.25. The van der Waals surface area contributed by atoms with Crippen LogP contribution in [0.3, 0.4) is 0 Å². The molecule has 1 saturated heterocycles. The van der Waals surface area contributed by atoms with Gasteiger partial charge < -0.3 is 25.7 Å². The van der Waals surface area contributed by atoms with Crippen molar-refractivity contribution in [1.82, 2.24) is 30.8 Å². The van der Waals surface area contributed by atoms with E-state index in [2.05, 4.69) is 35.7 Å². The molecule has 2 aromatic heterocycles. The van der Waals surface area contributed by atoms with Gasteiger partial charge in [0.05, 0.1) is 6.20 Å². The third kappa shape index (κ3) is 4.80. The predicted molar refractivity (Wildman–Crippen MR) is 117 cm³/mol. The van der Waals surface area contributed by atoms with Crippen molar-refractivity contribution < 1.29 is 9.21 Å². The normalized spacial score (nSPS) is 15.9. The summed E-state index contributed by atoms with van der Waals surface area (Å²) >= 11 is 0. The Bertz CT molecular complexity index is 1050. The van der Waals surface area contributed by atoms with E-state index in [9.17, 15) is 4.79 Å². The van der Waals surface area contributed by atoms with Gasteiger partial charge >= 0.3 is 0 Å². The zero-order valence-corrected chi connectivity index (χ0v) is 17.6. The highest BCUT2D eigenvalue weighted by molar-refractivity contribution is 5.72. The average Bonchev–Trinajstić information content (AvgIpc) is 3.44. The molecule has 3 heterocycles. The van der Waals surface area contributed by atoms with Crippen molar-refractivity contribution in [3.8, 4) is 23.0 Å². The molecule has 10 nitrogen and oxygen atoms in total. The number of nitrogens with one attached hydrogen (secondary N) is 2. The Kier molecular flexibility index (Phi) is 6.08. The molecule has 0 unspecified atom stereocenters. The van der Waals surface area contributed by atoms with Crippen LogP contribution in [0.2, 0.25) is 0 Å². The quantitative estimate of drug-likeness (QED) is 0.517. The predicted octanol–water partition coefficient (Wildman–Crippen LogP) is 1.46. The minimum atomic E-state index is -0.0168. The molecule has 0 spiro atoms. The van der Waals surface area contributed by atoms with Crippen LogP contribution in [0.25, 0.3) is 23.0 Å². The average molecular weight is 422 g/mol. The van der Waals surface area contributed by atoms with Crippen LogP contribution in [0, 0.1) is 5.92 Å². The SMILES string of the molecule is CNCc1ccc(-c2nnc(-c3nc(N4CC[C@@H](CNC(C)=O)C4)cnc3N)o2)cc1. The van der Waals surface area contributed by atoms with Crippen LogP contribution in [0.4, 0.5) is 11.6 Å². The minimum Gasteiger partial charge on any atom is -0.414 e. The Morgan fingerprint density at radius 2 is 2.03 bits per heavy atom. The number of anilines is 2. The molecule has 31 heavy (non-hydrogen) atoms. The van der Waals surface area contributed by atoms with E-state index in [1.807, 2.05) is 31.3 Å². The lowest BCUT2D eigenvalue weighted by Gasteiger charge is -2.18. The van der Waals surface area contributed by atoms with E-state index in [0.717, 1.165) is 37.2 Å². The molecule has 1 atom stereocenters. The number of hydrogen-bond acceptors (Lipinski definition) is 9. The lowest BCUT2D eigenvalue weighted by Crippen LogP contribution is -2.29. The number of rotatable bonds is 7. The Morgan fingerprint density at radius 3 is 2.77 bits per heavy atom. The topological polar surface area (TPSA) is 135 Å². The van der Waals surface area contributed by atoms with E-state index >= 15 is 0 Å². The van der Waals surface area contributed by atoms with Gasteiger partial charge in [-0.15, -0.1) is 10.2 Å². The molecule has 162 valence electrons. The molecule has 0 saturated carbocycles. The van der Waals surface area contributed by atoms with Gasteiger partial charge in [0.25, 0.3) is 5.89 Å². The largest absolute Gasteiger partial charge is 0.414 e. The number of carbonyl (C=O) groups is 1. The van der Waals surface area contributed by atoms with E-state index in [1.54, 1.807) is 6.20 Å². The molecule has 4 rings (SSSR count). The summed E-state index contributed by atoms with van der Waals surface area (Å²) in [5.74, 6) is 1.91. The molecule has 0 aliphatic carbocycles. The third-order valence-electron chi connectivity index (χ3n) is 5.25. The summed E-state index contributed by atoms with van der Waals surface area (Å²) in [6.45, 7) is 4.58. The van der Waals surface area contributed by atoms with Crippen molar-refractivity contribution in [2.45, 2.75) is 19.9 Å². The van der Waals surface area contributed by atoms with Crippen LogP contribution >= 0.6 is 0 Å². The van der Waals surface area contributed by atoms with E-state index in [4.69, 9.17) is 10.2 Å². The number of carbonyl (C=O) groups excluding carboxylic acids is 1. The van der Waals surface area contributed by atoms with Crippen molar-refractivity contribution in [2.24, 2.45) is 5.92 Å². The molecular formula is C21H26N8O2. The van der Waals surface area contributed by atoms with Crippen LogP contribution in [0.1, 0.15) is 18.9 Å². The molecule has 0 bridgehead atoms. The Balaban J connectivity index is 1.51. The summed E-state index contributed by atoms with van der Waals surface area (Å²) in [6, 6.07) is 7.90. The summed E-state index contributed by atoms with van der Waals surface area (Å²) in [7, 11) is 1.91. The van der Waals surface area contributed by atoms with Gasteiger partial charge in [-0.25, -0.2) is 9.97 Å². The van der Waals surface area contributed by atoms with Crippen LogP contribution in [0.15, 0.2) is 34.9 Å². The Hall–Kier alpha value is -3.53. The number of hydrogen-bond donors (Lipinski definition) is 3. The first kappa shape index (κ1) is 20.7. The van der Waals surface area contributed by atoms with Gasteiger partial charge in [0.2, 0.25) is 11.8 Å². The van der Waals surface area contributed by atoms with Crippen LogP contribution in [-0.2, 0) is 11.3 Å². The Morgan fingerprint density at radius 1 is 1.26 bits per heavy atom. The molecule has 1 aromatic carbocycles. The fourth-order valence-electron chi connectivity index (χ4n) is 3.60. The highest BCUT2D eigenvalue weighted by Crippen LogP contribution is 2.29. The van der Waals surface area contributed by atoms with E-state index in [-0.39, 0.29) is 17.6 Å². The van der Waals surface area contributed by atoms with Crippen molar-refractivity contribution in [2.75, 3.05) is 37.3 Å². The molecule has 1 amide bonds. The van der Waals surface area contributed by atoms with E-state index in [1.165, 1.54) is 6.92 Å². The molecule has 10 heteroatoms. The number of nitrogens with two attached hydrogens (primary N) is 1. The maximum Gasteiger partial charge on any atom is 0.270 e. The van der Waals surface area contributed by atoms with Crippen molar-refractivity contribution >= 4 is 17.5 Å². The molecule has 1 aliphatic heterocycles. The number of nitrogen functional groups attached to an aromatic ring is 1. The van der Waals surface area contributed by atoms with Gasteiger partial charge in [-0.3, -0.25) is 4.79 Å². The summed E-state index contributed by atoms with van der Waals surface area (Å²) < 4.78 is 5.85. The summed E-state index contributed by atoms with van der Waals surface area (Å²) in [4.78, 5) is 22.2. The molecule has 0 radical (unpaired) electrons. The van der Waals surface area contributed by atoms with Crippen LogP contribution in [0.5, 0.6) is 0 Å². The lowest BCUT2D eigenvalue weighted by molar-refractivity contribution is -0.119. The first-order valence-corrected chi connectivity index (χ1v) is 10.2. The molecule has 1 fully saturated rings. The van der Waals surface area contributed by atoms with Gasteiger partial charge in [0, 0.05) is 38.7 Å². The van der Waals surface area contributed by atoms with Gasteiger partial charge in [-0.1, -0.05) is 12.1 Å². The second kappa shape index (κ2) is 9.09. The summed E-state index contributed by atoms with van der Waals surface area (Å²) in [5, 5.41) is 14.3. The lowest BCUT2D eigenvalue weighted by atomic mass is 10.1. The van der Waals surface area contributed by atoms with Gasteiger partial charge in [-0.05, 0) is 37.1 Å². The van der Waals surface area contributed by atoms with E-state index < -0.39 is 0 Å². The van der Waals surface area contributed by atoms with Crippen molar-refractivity contribution in [3.05, 3.63) is 36.0 Å². The highest BCUT2D eigenvalue weighted by atomic mass is 16.4. The zero-order chi connectivity index (χ0) is 21.8. The number of aromatic nitrogens is 4. The first-order chi connectivity index (χ1) is 15.0. The first-order valence-electron chi connectivity index (χ1n) is 10.2. The fourth-order valence-corrected chi connectivity index (χ4v) is 3.60. The molecular weight excluding hydrogens is 396 g/mol. The number of nitrogens with zero attached hydrogens (tertiary/aromatic N) is 5. The summed E-state index contributed by atoms with van der Waals surface area (Å²) in [6.07, 6.45) is 2.62. The second-order valence-electron chi connectivity index (χ2n) is 7.64. The molecule has 4 N–H and O–H groups in total.